The van der Waals surface area contributed by atoms with Crippen molar-refractivity contribution in [2.45, 2.75) is 79.6 Å². The Hall–Kier alpha value is 0.310. The van der Waals surface area contributed by atoms with Gasteiger partial charge >= 0.3 is 0 Å². The van der Waals surface area contributed by atoms with Gasteiger partial charge in [0.25, 0.3) is 0 Å². The zero-order valence-electron chi connectivity index (χ0n) is 12.9. The van der Waals surface area contributed by atoms with Crippen LogP contribution in [-0.2, 0) is 0 Å². The molecule has 0 aromatic rings. The Morgan fingerprint density at radius 1 is 0.706 bits per heavy atom. The molecule has 0 aliphatic heterocycles. The summed E-state index contributed by atoms with van der Waals surface area (Å²) in [5, 5.41) is 0. The van der Waals surface area contributed by atoms with Crippen molar-refractivity contribution in [1.82, 2.24) is 4.31 Å². The molecular weight excluding hydrogens is 226 g/mol. The molecule has 0 unspecified atom stereocenters. The zero-order valence-corrected chi connectivity index (χ0v) is 13.7. The SMILES string of the molecule is CC.CCCCCCSN(CCC)CCCC. The van der Waals surface area contributed by atoms with Crippen molar-refractivity contribution in [2.75, 3.05) is 18.8 Å². The molecule has 0 rings (SSSR count). The molecule has 0 amide bonds. The second kappa shape index (κ2) is 18.7. The Morgan fingerprint density at radius 3 is 1.88 bits per heavy atom. The molecule has 0 saturated carbocycles. The summed E-state index contributed by atoms with van der Waals surface area (Å²) in [6.07, 6.45) is 9.51. The predicted octanol–water partition coefficient (Wildman–Crippen LogP) is 5.75. The molecule has 0 N–H and O–H groups in total. The topological polar surface area (TPSA) is 3.24 Å². The maximum absolute atomic E-state index is 2.56. The standard InChI is InChI=1S/C13H29NS.C2H6/c1-4-7-9-10-13-15-14(11-6-3)12-8-5-2;1-2/h4-13H2,1-3H3;1-2H3. The molecule has 0 aliphatic rings. The highest BCUT2D eigenvalue weighted by Crippen LogP contribution is 2.14. The van der Waals surface area contributed by atoms with Crippen LogP contribution in [0.2, 0.25) is 0 Å². The summed E-state index contributed by atoms with van der Waals surface area (Å²) in [7, 11) is 0. The minimum Gasteiger partial charge on any atom is -0.251 e. The molecule has 0 aromatic carbocycles. The van der Waals surface area contributed by atoms with Gasteiger partial charge in [0.2, 0.25) is 0 Å². The van der Waals surface area contributed by atoms with Crippen LogP contribution in [0, 0.1) is 0 Å². The summed E-state index contributed by atoms with van der Waals surface area (Å²) in [6, 6.07) is 0. The van der Waals surface area contributed by atoms with E-state index in [-0.39, 0.29) is 0 Å². The molecule has 2 heteroatoms. The average molecular weight is 262 g/mol. The highest BCUT2D eigenvalue weighted by atomic mass is 32.2. The second-order valence-electron chi connectivity index (χ2n) is 4.18. The van der Waals surface area contributed by atoms with E-state index < -0.39 is 0 Å². The first-order valence-corrected chi connectivity index (χ1v) is 8.67. The quantitative estimate of drug-likeness (QED) is 0.344. The van der Waals surface area contributed by atoms with Crippen molar-refractivity contribution in [3.63, 3.8) is 0 Å². The summed E-state index contributed by atoms with van der Waals surface area (Å²) in [5.74, 6) is 1.32. The van der Waals surface area contributed by atoms with Gasteiger partial charge in [-0.3, -0.25) is 4.31 Å². The molecule has 0 spiro atoms. The van der Waals surface area contributed by atoms with Crippen LogP contribution < -0.4 is 0 Å². The molecule has 0 aromatic heterocycles. The van der Waals surface area contributed by atoms with Gasteiger partial charge in [0.15, 0.2) is 0 Å². The highest BCUT2D eigenvalue weighted by Gasteiger charge is 2.02. The van der Waals surface area contributed by atoms with Gasteiger partial charge in [-0.05, 0) is 19.3 Å². The second-order valence-corrected chi connectivity index (χ2v) is 5.36. The van der Waals surface area contributed by atoms with Gasteiger partial charge in [0.1, 0.15) is 0 Å². The van der Waals surface area contributed by atoms with E-state index in [0.29, 0.717) is 0 Å². The van der Waals surface area contributed by atoms with E-state index >= 15 is 0 Å². The van der Waals surface area contributed by atoms with Gasteiger partial charge in [-0.25, -0.2) is 0 Å². The fourth-order valence-electron chi connectivity index (χ4n) is 1.55. The van der Waals surface area contributed by atoms with Crippen molar-refractivity contribution < 1.29 is 0 Å². The van der Waals surface area contributed by atoms with E-state index in [1.165, 1.54) is 63.8 Å². The van der Waals surface area contributed by atoms with Gasteiger partial charge in [-0.2, -0.15) is 0 Å². The van der Waals surface area contributed by atoms with Gasteiger partial charge in [-0.1, -0.05) is 72.2 Å². The Balaban J connectivity index is 0. The van der Waals surface area contributed by atoms with Crippen LogP contribution in [0.5, 0.6) is 0 Å². The lowest BCUT2D eigenvalue weighted by atomic mass is 10.2. The largest absolute Gasteiger partial charge is 0.251 e. The van der Waals surface area contributed by atoms with Crippen LogP contribution in [0.25, 0.3) is 0 Å². The lowest BCUT2D eigenvalue weighted by Crippen LogP contribution is -2.18. The number of unbranched alkanes of at least 4 members (excludes halogenated alkanes) is 4. The number of hydrogen-bond donors (Lipinski definition) is 0. The third-order valence-corrected chi connectivity index (χ3v) is 3.71. The first-order chi connectivity index (χ1) is 8.35. The smallest absolute Gasteiger partial charge is 0.00892 e. The third-order valence-electron chi connectivity index (χ3n) is 2.51. The average Bonchev–Trinajstić information content (AvgIpc) is 2.38. The monoisotopic (exact) mass is 261 g/mol. The Morgan fingerprint density at radius 2 is 1.35 bits per heavy atom. The molecule has 0 bridgehead atoms. The van der Waals surface area contributed by atoms with Gasteiger partial charge < -0.3 is 0 Å². The van der Waals surface area contributed by atoms with Gasteiger partial charge in [-0.15, -0.1) is 0 Å². The van der Waals surface area contributed by atoms with Crippen LogP contribution in [0.15, 0.2) is 0 Å². The molecule has 106 valence electrons. The summed E-state index contributed by atoms with van der Waals surface area (Å²) in [6.45, 7) is 13.4. The van der Waals surface area contributed by atoms with Crippen molar-refractivity contribution in [3.8, 4) is 0 Å². The van der Waals surface area contributed by atoms with E-state index in [1.807, 2.05) is 13.8 Å². The van der Waals surface area contributed by atoms with Crippen molar-refractivity contribution in [2.24, 2.45) is 0 Å². The molecular formula is C15H35NS. The molecule has 0 saturated heterocycles. The summed E-state index contributed by atoms with van der Waals surface area (Å²) in [5.41, 5.74) is 0. The molecule has 0 fully saturated rings. The number of hydrogen-bond acceptors (Lipinski definition) is 2. The molecule has 0 heterocycles. The Kier molecular flexibility index (Phi) is 21.6. The van der Waals surface area contributed by atoms with Crippen LogP contribution >= 0.6 is 11.9 Å². The lowest BCUT2D eigenvalue weighted by Gasteiger charge is -2.19. The van der Waals surface area contributed by atoms with Crippen LogP contribution in [-0.4, -0.2) is 23.1 Å². The highest BCUT2D eigenvalue weighted by molar-refractivity contribution is 7.97. The van der Waals surface area contributed by atoms with E-state index in [9.17, 15) is 0 Å². The summed E-state index contributed by atoms with van der Waals surface area (Å²) >= 11 is 2.07. The lowest BCUT2D eigenvalue weighted by molar-refractivity contribution is 0.454. The van der Waals surface area contributed by atoms with Crippen LogP contribution in [0.3, 0.4) is 0 Å². The summed E-state index contributed by atoms with van der Waals surface area (Å²) < 4.78 is 2.56. The first kappa shape index (κ1) is 19.6. The van der Waals surface area contributed by atoms with Crippen molar-refractivity contribution >= 4 is 11.9 Å². The molecule has 1 nitrogen and oxygen atoms in total. The van der Waals surface area contributed by atoms with Gasteiger partial charge in [0, 0.05) is 18.8 Å². The zero-order chi connectivity index (χ0) is 13.4. The van der Waals surface area contributed by atoms with E-state index in [2.05, 4.69) is 37.0 Å². The molecule has 0 aliphatic carbocycles. The predicted molar refractivity (Wildman–Crippen MR) is 84.7 cm³/mol. The normalized spacial score (nSPS) is 10.2. The van der Waals surface area contributed by atoms with Gasteiger partial charge in [0.05, 0.1) is 0 Å². The maximum Gasteiger partial charge on any atom is 0.00892 e. The van der Waals surface area contributed by atoms with Crippen LogP contribution in [0.1, 0.15) is 79.6 Å². The van der Waals surface area contributed by atoms with E-state index in [1.54, 1.807) is 0 Å². The minimum atomic E-state index is 1.26. The Labute approximate surface area is 115 Å². The van der Waals surface area contributed by atoms with Crippen LogP contribution in [0.4, 0.5) is 0 Å². The fraction of sp³-hybridized carbons (Fsp3) is 1.00. The minimum absolute atomic E-state index is 1.26. The maximum atomic E-state index is 2.56. The molecule has 17 heavy (non-hydrogen) atoms. The first-order valence-electron chi connectivity index (χ1n) is 7.73. The summed E-state index contributed by atoms with van der Waals surface area (Å²) in [4.78, 5) is 0. The van der Waals surface area contributed by atoms with E-state index in [0.717, 1.165) is 0 Å². The Bertz CT molecular complexity index is 117. The molecule has 0 radical (unpaired) electrons. The molecule has 0 atom stereocenters. The van der Waals surface area contributed by atoms with Crippen molar-refractivity contribution in [3.05, 3.63) is 0 Å². The number of nitrogens with zero attached hydrogens (tertiary/aromatic N) is 1. The van der Waals surface area contributed by atoms with Crippen molar-refractivity contribution in [1.29, 1.82) is 0 Å². The van der Waals surface area contributed by atoms with E-state index in [4.69, 9.17) is 0 Å². The fourth-order valence-corrected chi connectivity index (χ4v) is 2.71. The number of rotatable bonds is 11. The third kappa shape index (κ3) is 16.3.